The molecule has 0 spiro atoms. The van der Waals surface area contributed by atoms with E-state index in [1.165, 1.54) is 7.11 Å². The zero-order chi connectivity index (χ0) is 17.0. The van der Waals surface area contributed by atoms with Crippen LogP contribution in [0.5, 0.6) is 0 Å². The highest BCUT2D eigenvalue weighted by molar-refractivity contribution is 7.80. The van der Waals surface area contributed by atoms with E-state index in [4.69, 9.17) is 17.0 Å². The van der Waals surface area contributed by atoms with Gasteiger partial charge in [-0.1, -0.05) is 19.3 Å². The highest BCUT2D eigenvalue weighted by Crippen LogP contribution is 2.36. The summed E-state index contributed by atoms with van der Waals surface area (Å²) in [4.78, 5) is 37.4. The van der Waals surface area contributed by atoms with Crippen LogP contribution in [0.1, 0.15) is 38.5 Å². The minimum Gasteiger partial charge on any atom is -0.467 e. The molecule has 2 N–H and O–H groups in total. The fraction of sp³-hybridized carbons (Fsp3) is 0.667. The van der Waals surface area contributed by atoms with Crippen LogP contribution in [0.3, 0.4) is 0 Å². The number of nitriles is 1. The highest BCUT2D eigenvalue weighted by atomic mass is 32.1. The van der Waals surface area contributed by atoms with Gasteiger partial charge in [0.1, 0.15) is 5.78 Å². The van der Waals surface area contributed by atoms with E-state index < -0.39 is 29.3 Å². The van der Waals surface area contributed by atoms with Crippen LogP contribution in [0, 0.1) is 23.2 Å². The average molecular weight is 337 g/mol. The summed E-state index contributed by atoms with van der Waals surface area (Å²) in [5.74, 6) is -3.82. The molecule has 1 saturated carbocycles. The second-order valence-electron chi connectivity index (χ2n) is 5.84. The predicted molar refractivity (Wildman–Crippen MR) is 83.9 cm³/mol. The van der Waals surface area contributed by atoms with Crippen LogP contribution >= 0.6 is 12.2 Å². The fourth-order valence-corrected chi connectivity index (χ4v) is 3.70. The predicted octanol–water partition coefficient (Wildman–Crippen LogP) is 0.582. The molecule has 3 atom stereocenters. The molecule has 0 aromatic carbocycles. The number of nitrogens with one attached hydrogen (secondary N) is 2. The summed E-state index contributed by atoms with van der Waals surface area (Å²) in [6, 6.07) is 1.85. The first-order valence-corrected chi connectivity index (χ1v) is 8.02. The van der Waals surface area contributed by atoms with E-state index in [1.807, 2.05) is 6.07 Å². The van der Waals surface area contributed by atoms with Crippen LogP contribution in [0.15, 0.2) is 0 Å². The Balaban J connectivity index is 2.54. The number of methoxy groups -OCH3 is 1. The van der Waals surface area contributed by atoms with Gasteiger partial charge in [-0.2, -0.15) is 5.26 Å². The maximum atomic E-state index is 12.6. The molecule has 0 aromatic heterocycles. The van der Waals surface area contributed by atoms with Gasteiger partial charge in [0, 0.05) is 6.42 Å². The van der Waals surface area contributed by atoms with Crippen molar-refractivity contribution < 1.29 is 19.1 Å². The van der Waals surface area contributed by atoms with Crippen molar-refractivity contribution in [1.29, 1.82) is 5.26 Å². The number of ether oxygens (including phenoxy) is 1. The van der Waals surface area contributed by atoms with Gasteiger partial charge in [-0.05, 0) is 25.1 Å². The van der Waals surface area contributed by atoms with Crippen LogP contribution in [0.2, 0.25) is 0 Å². The van der Waals surface area contributed by atoms with Crippen molar-refractivity contribution in [3.63, 3.8) is 0 Å². The van der Waals surface area contributed by atoms with Crippen molar-refractivity contribution in [2.24, 2.45) is 11.8 Å². The number of hydrogen-bond donors (Lipinski definition) is 2. The molecule has 2 aliphatic rings. The van der Waals surface area contributed by atoms with E-state index in [0.29, 0.717) is 12.8 Å². The molecule has 0 aromatic rings. The normalized spacial score (nSPS) is 31.9. The molecule has 0 bridgehead atoms. The van der Waals surface area contributed by atoms with Crippen LogP contribution in [-0.2, 0) is 19.1 Å². The summed E-state index contributed by atoms with van der Waals surface area (Å²) >= 11 is 5.00. The molecule has 1 saturated heterocycles. The van der Waals surface area contributed by atoms with Crippen LogP contribution < -0.4 is 10.6 Å². The van der Waals surface area contributed by atoms with Crippen molar-refractivity contribution in [3.05, 3.63) is 0 Å². The topological polar surface area (TPSA) is 108 Å². The maximum absolute atomic E-state index is 12.6. The maximum Gasteiger partial charge on any atom is 0.334 e. The number of amides is 1. The van der Waals surface area contributed by atoms with E-state index in [2.05, 4.69) is 10.6 Å². The lowest BCUT2D eigenvalue weighted by Gasteiger charge is -2.44. The Bertz CT molecular complexity index is 586. The van der Waals surface area contributed by atoms with Crippen molar-refractivity contribution >= 4 is 35.0 Å². The summed E-state index contributed by atoms with van der Waals surface area (Å²) in [5, 5.41) is 14.5. The number of Topliss-reactive ketones (excluding diaryl/α,β-unsaturated/α-hetero) is 1. The number of carbonyl (C=O) groups is 3. The lowest BCUT2D eigenvalue weighted by molar-refractivity contribution is -0.159. The number of carbonyl (C=O) groups excluding carboxylic acids is 3. The molecule has 1 aliphatic carbocycles. The third-order valence-corrected chi connectivity index (χ3v) is 4.74. The zero-order valence-electron chi connectivity index (χ0n) is 12.9. The first kappa shape index (κ1) is 17.3. The third-order valence-electron chi connectivity index (χ3n) is 4.53. The van der Waals surface area contributed by atoms with Crippen LogP contribution in [0.4, 0.5) is 0 Å². The molecule has 2 rings (SSSR count). The summed E-state index contributed by atoms with van der Waals surface area (Å²) in [6.07, 6.45) is 4.10. The number of esters is 1. The molecule has 124 valence electrons. The van der Waals surface area contributed by atoms with Crippen molar-refractivity contribution in [1.82, 2.24) is 10.6 Å². The summed E-state index contributed by atoms with van der Waals surface area (Å²) in [7, 11) is 1.17. The Morgan fingerprint density at radius 3 is 2.70 bits per heavy atom. The quantitative estimate of drug-likeness (QED) is 0.560. The molecular weight excluding hydrogens is 318 g/mol. The number of hydrogen-bond acceptors (Lipinski definition) is 6. The van der Waals surface area contributed by atoms with Crippen molar-refractivity contribution in [2.45, 2.75) is 44.1 Å². The standard InChI is InChI=1S/C15H19N3O4S/c1-22-13(21)15(9-6-4-2-3-5-7-11(9)19)10(8-16)12(20)17-14(23)18-15/h9-10H,2-7H2,1H3,(H2,17,18,20,23)/t9-,10+,15+/m1/s1. The van der Waals surface area contributed by atoms with Gasteiger partial charge in [0.2, 0.25) is 5.91 Å². The fourth-order valence-electron chi connectivity index (χ4n) is 3.43. The van der Waals surface area contributed by atoms with E-state index in [9.17, 15) is 19.6 Å². The van der Waals surface area contributed by atoms with Gasteiger partial charge in [-0.15, -0.1) is 0 Å². The van der Waals surface area contributed by atoms with E-state index in [-0.39, 0.29) is 10.9 Å². The summed E-state index contributed by atoms with van der Waals surface area (Å²) in [5.41, 5.74) is -1.75. The number of nitrogens with zero attached hydrogens (tertiary/aromatic N) is 1. The SMILES string of the molecule is COC(=O)[C@@]1([C@@H]2CCCCCCC2=O)NC(=S)NC(=O)[C@@H]1C#N. The van der Waals surface area contributed by atoms with Gasteiger partial charge in [0.05, 0.1) is 19.1 Å². The van der Waals surface area contributed by atoms with Crippen LogP contribution in [0.25, 0.3) is 0 Å². The third kappa shape index (κ3) is 3.06. The summed E-state index contributed by atoms with van der Waals surface area (Å²) < 4.78 is 4.85. The van der Waals surface area contributed by atoms with Gasteiger partial charge in [-0.3, -0.25) is 9.59 Å². The number of rotatable bonds is 2. The Morgan fingerprint density at radius 1 is 1.35 bits per heavy atom. The largest absolute Gasteiger partial charge is 0.467 e. The van der Waals surface area contributed by atoms with Gasteiger partial charge in [0.25, 0.3) is 0 Å². The Kier molecular flexibility index (Phi) is 5.31. The molecule has 2 fully saturated rings. The molecular formula is C15H19N3O4S. The smallest absolute Gasteiger partial charge is 0.334 e. The lowest BCUT2D eigenvalue weighted by atomic mass is 9.67. The van der Waals surface area contributed by atoms with Gasteiger partial charge < -0.3 is 15.4 Å². The Hall–Kier alpha value is -2.01. The lowest BCUT2D eigenvalue weighted by Crippen LogP contribution is -2.73. The first-order valence-electron chi connectivity index (χ1n) is 7.61. The molecule has 1 heterocycles. The molecule has 8 heteroatoms. The molecule has 0 radical (unpaired) electrons. The molecule has 1 aliphatic heterocycles. The van der Waals surface area contributed by atoms with E-state index in [0.717, 1.165) is 25.7 Å². The minimum absolute atomic E-state index is 0.0678. The molecule has 0 unspecified atom stereocenters. The van der Waals surface area contributed by atoms with Gasteiger partial charge in [0.15, 0.2) is 16.6 Å². The zero-order valence-corrected chi connectivity index (χ0v) is 13.7. The van der Waals surface area contributed by atoms with E-state index in [1.54, 1.807) is 0 Å². The molecule has 1 amide bonds. The van der Waals surface area contributed by atoms with Gasteiger partial charge in [-0.25, -0.2) is 4.79 Å². The van der Waals surface area contributed by atoms with Gasteiger partial charge >= 0.3 is 5.97 Å². The average Bonchev–Trinajstić information content (AvgIpc) is 2.49. The summed E-state index contributed by atoms with van der Waals surface area (Å²) in [6.45, 7) is 0. The Morgan fingerprint density at radius 2 is 2.04 bits per heavy atom. The van der Waals surface area contributed by atoms with Crippen molar-refractivity contribution in [3.8, 4) is 6.07 Å². The number of ketones is 1. The molecule has 7 nitrogen and oxygen atoms in total. The Labute approximate surface area is 139 Å². The number of thiocarbonyl (C=S) groups is 1. The highest BCUT2D eigenvalue weighted by Gasteiger charge is 2.60. The first-order chi connectivity index (χ1) is 11.0. The van der Waals surface area contributed by atoms with E-state index >= 15 is 0 Å². The van der Waals surface area contributed by atoms with Crippen LogP contribution in [-0.4, -0.2) is 35.4 Å². The minimum atomic E-state index is -1.75. The van der Waals surface area contributed by atoms with Crippen molar-refractivity contribution in [2.75, 3.05) is 7.11 Å². The molecule has 23 heavy (non-hydrogen) atoms. The second-order valence-corrected chi connectivity index (χ2v) is 6.25. The second kappa shape index (κ2) is 7.04. The monoisotopic (exact) mass is 337 g/mol.